The maximum atomic E-state index is 5.98. The Morgan fingerprint density at radius 1 is 1.13 bits per heavy atom. The Balaban J connectivity index is 1.82. The van der Waals surface area contributed by atoms with Gasteiger partial charge in [0.05, 0.1) is 0 Å². The first-order valence-electron chi connectivity index (χ1n) is 7.83. The summed E-state index contributed by atoms with van der Waals surface area (Å²) >= 11 is 5.98. The first kappa shape index (κ1) is 14.5. The van der Waals surface area contributed by atoms with E-state index in [0.29, 0.717) is 10.7 Å². The third-order valence-electron chi connectivity index (χ3n) is 4.45. The molecule has 1 saturated heterocycles. The summed E-state index contributed by atoms with van der Waals surface area (Å²) in [5, 5.41) is 5.79. The lowest BCUT2D eigenvalue weighted by molar-refractivity contribution is 0.436. The minimum Gasteiger partial charge on any atom is -0.356 e. The Bertz CT molecular complexity index is 822. The minimum atomic E-state index is 0.526. The highest BCUT2D eigenvalue weighted by Crippen LogP contribution is 2.34. The molecule has 0 unspecified atom stereocenters. The van der Waals surface area contributed by atoms with Crippen LogP contribution in [0.3, 0.4) is 0 Å². The van der Waals surface area contributed by atoms with Crippen LogP contribution in [0.15, 0.2) is 35.1 Å². The highest BCUT2D eigenvalue weighted by molar-refractivity contribution is 6.30. The van der Waals surface area contributed by atoms with Crippen molar-refractivity contribution in [3.8, 4) is 11.3 Å². The second-order valence-electron chi connectivity index (χ2n) is 6.09. The Morgan fingerprint density at radius 2 is 1.87 bits per heavy atom. The first-order valence-corrected chi connectivity index (χ1v) is 8.21. The van der Waals surface area contributed by atoms with Gasteiger partial charge in [0.2, 0.25) is 0 Å². The van der Waals surface area contributed by atoms with Crippen molar-refractivity contribution >= 4 is 28.5 Å². The maximum absolute atomic E-state index is 5.98. The van der Waals surface area contributed by atoms with E-state index in [1.807, 2.05) is 24.3 Å². The quantitative estimate of drug-likeness (QED) is 0.706. The predicted molar refractivity (Wildman–Crippen MR) is 90.7 cm³/mol. The standard InChI is InChI=1S/C17H17ClN4O/c1-11-6-8-22(9-7-11)16-14-15(12-2-4-13(18)5-3-12)21-23-17(14)20-10-19-16/h2-5,10-11H,6-9H2,1H3. The zero-order chi connectivity index (χ0) is 15.8. The lowest BCUT2D eigenvalue weighted by Crippen LogP contribution is -2.33. The Labute approximate surface area is 139 Å². The van der Waals surface area contributed by atoms with E-state index < -0.39 is 0 Å². The van der Waals surface area contributed by atoms with E-state index in [1.165, 1.54) is 12.8 Å². The van der Waals surface area contributed by atoms with Gasteiger partial charge in [-0.25, -0.2) is 4.98 Å². The van der Waals surface area contributed by atoms with Crippen LogP contribution in [0.25, 0.3) is 22.4 Å². The van der Waals surface area contributed by atoms with Crippen LogP contribution in [0.4, 0.5) is 5.82 Å². The molecule has 2 aromatic heterocycles. The average molecular weight is 329 g/mol. The van der Waals surface area contributed by atoms with Crippen molar-refractivity contribution in [3.05, 3.63) is 35.6 Å². The number of piperidine rings is 1. The summed E-state index contributed by atoms with van der Waals surface area (Å²) in [6.07, 6.45) is 3.90. The number of halogens is 1. The summed E-state index contributed by atoms with van der Waals surface area (Å²) in [7, 11) is 0. The molecule has 23 heavy (non-hydrogen) atoms. The number of anilines is 1. The molecule has 0 N–H and O–H groups in total. The molecule has 0 saturated carbocycles. The van der Waals surface area contributed by atoms with Gasteiger partial charge in [-0.15, -0.1) is 0 Å². The summed E-state index contributed by atoms with van der Waals surface area (Å²) in [5.74, 6) is 1.68. The van der Waals surface area contributed by atoms with Gasteiger partial charge in [-0.05, 0) is 30.9 Å². The first-order chi connectivity index (χ1) is 11.2. The zero-order valence-corrected chi connectivity index (χ0v) is 13.6. The third-order valence-corrected chi connectivity index (χ3v) is 4.71. The molecule has 3 heterocycles. The number of fused-ring (bicyclic) bond motifs is 1. The van der Waals surface area contributed by atoms with Gasteiger partial charge in [-0.3, -0.25) is 0 Å². The summed E-state index contributed by atoms with van der Waals surface area (Å²) < 4.78 is 5.43. The second-order valence-corrected chi connectivity index (χ2v) is 6.52. The maximum Gasteiger partial charge on any atom is 0.263 e. The molecule has 5 nitrogen and oxygen atoms in total. The van der Waals surface area contributed by atoms with Crippen molar-refractivity contribution in [3.63, 3.8) is 0 Å². The molecule has 0 atom stereocenters. The van der Waals surface area contributed by atoms with E-state index in [0.717, 1.165) is 41.5 Å². The Kier molecular flexibility index (Phi) is 3.65. The van der Waals surface area contributed by atoms with Crippen molar-refractivity contribution in [2.45, 2.75) is 19.8 Å². The number of aromatic nitrogens is 3. The van der Waals surface area contributed by atoms with Crippen LogP contribution in [-0.2, 0) is 0 Å². The molecule has 4 rings (SSSR count). The summed E-state index contributed by atoms with van der Waals surface area (Å²) in [4.78, 5) is 11.0. The van der Waals surface area contributed by atoms with Crippen molar-refractivity contribution in [1.82, 2.24) is 15.1 Å². The monoisotopic (exact) mass is 328 g/mol. The normalized spacial score (nSPS) is 16.2. The molecule has 0 radical (unpaired) electrons. The van der Waals surface area contributed by atoms with Gasteiger partial charge in [0.25, 0.3) is 5.71 Å². The largest absolute Gasteiger partial charge is 0.356 e. The molecule has 1 aliphatic heterocycles. The smallest absolute Gasteiger partial charge is 0.263 e. The summed E-state index contributed by atoms with van der Waals surface area (Å²) in [5.41, 5.74) is 2.25. The topological polar surface area (TPSA) is 55.1 Å². The Hall–Kier alpha value is -2.14. The van der Waals surface area contributed by atoms with Crippen LogP contribution in [-0.4, -0.2) is 28.2 Å². The van der Waals surface area contributed by atoms with Crippen LogP contribution in [0, 0.1) is 5.92 Å². The lowest BCUT2D eigenvalue weighted by atomic mass is 9.99. The van der Waals surface area contributed by atoms with Crippen LogP contribution in [0.2, 0.25) is 5.02 Å². The van der Waals surface area contributed by atoms with E-state index in [-0.39, 0.29) is 0 Å². The molecule has 118 valence electrons. The molecule has 0 amide bonds. The fraction of sp³-hybridized carbons (Fsp3) is 0.353. The molecule has 1 aromatic carbocycles. The van der Waals surface area contributed by atoms with E-state index in [1.54, 1.807) is 6.33 Å². The summed E-state index contributed by atoms with van der Waals surface area (Å²) in [6, 6.07) is 7.58. The van der Waals surface area contributed by atoms with Crippen LogP contribution in [0.5, 0.6) is 0 Å². The molecule has 0 bridgehead atoms. The van der Waals surface area contributed by atoms with E-state index in [9.17, 15) is 0 Å². The van der Waals surface area contributed by atoms with E-state index >= 15 is 0 Å². The summed E-state index contributed by atoms with van der Waals surface area (Å²) in [6.45, 7) is 4.29. The van der Waals surface area contributed by atoms with Gasteiger partial charge in [-0.1, -0.05) is 35.8 Å². The van der Waals surface area contributed by atoms with Crippen molar-refractivity contribution in [1.29, 1.82) is 0 Å². The third kappa shape index (κ3) is 2.65. The van der Waals surface area contributed by atoms with Crippen molar-refractivity contribution < 1.29 is 4.52 Å². The van der Waals surface area contributed by atoms with Gasteiger partial charge >= 0.3 is 0 Å². The molecule has 0 aliphatic carbocycles. The van der Waals surface area contributed by atoms with Crippen LogP contribution < -0.4 is 4.90 Å². The van der Waals surface area contributed by atoms with Gasteiger partial charge in [0.1, 0.15) is 23.2 Å². The van der Waals surface area contributed by atoms with Crippen LogP contribution in [0.1, 0.15) is 19.8 Å². The van der Waals surface area contributed by atoms with E-state index in [4.69, 9.17) is 16.1 Å². The molecular weight excluding hydrogens is 312 g/mol. The number of hydrogen-bond donors (Lipinski definition) is 0. The predicted octanol–water partition coefficient (Wildman–Crippen LogP) is 4.17. The Morgan fingerprint density at radius 3 is 2.61 bits per heavy atom. The number of benzene rings is 1. The minimum absolute atomic E-state index is 0.526. The fourth-order valence-corrected chi connectivity index (χ4v) is 3.16. The lowest BCUT2D eigenvalue weighted by Gasteiger charge is -2.31. The molecular formula is C17H17ClN4O. The molecule has 0 spiro atoms. The zero-order valence-electron chi connectivity index (χ0n) is 12.9. The van der Waals surface area contributed by atoms with Crippen molar-refractivity contribution in [2.24, 2.45) is 5.92 Å². The highest BCUT2D eigenvalue weighted by atomic mass is 35.5. The number of rotatable bonds is 2. The molecule has 6 heteroatoms. The highest BCUT2D eigenvalue weighted by Gasteiger charge is 2.23. The van der Waals surface area contributed by atoms with Crippen LogP contribution >= 0.6 is 11.6 Å². The SMILES string of the molecule is CC1CCN(c2ncnc3onc(-c4ccc(Cl)cc4)c23)CC1. The van der Waals surface area contributed by atoms with Gasteiger partial charge < -0.3 is 9.42 Å². The fourth-order valence-electron chi connectivity index (χ4n) is 3.04. The molecule has 1 aliphatic rings. The van der Waals surface area contributed by atoms with E-state index in [2.05, 4.69) is 26.9 Å². The van der Waals surface area contributed by atoms with Gasteiger partial charge in [0.15, 0.2) is 0 Å². The second kappa shape index (κ2) is 5.81. The number of nitrogens with zero attached hydrogens (tertiary/aromatic N) is 4. The molecule has 3 aromatic rings. The van der Waals surface area contributed by atoms with Crippen molar-refractivity contribution in [2.75, 3.05) is 18.0 Å². The average Bonchev–Trinajstić information content (AvgIpc) is 3.00. The van der Waals surface area contributed by atoms with Gasteiger partial charge in [-0.2, -0.15) is 4.98 Å². The van der Waals surface area contributed by atoms with Gasteiger partial charge in [0, 0.05) is 23.7 Å². The molecule has 1 fully saturated rings. The number of hydrogen-bond acceptors (Lipinski definition) is 5.